The summed E-state index contributed by atoms with van der Waals surface area (Å²) in [5.74, 6) is 1.10. The number of hydrogen-bond acceptors (Lipinski definition) is 4. The summed E-state index contributed by atoms with van der Waals surface area (Å²) in [7, 11) is -3.05. The molecule has 5 nitrogen and oxygen atoms in total. The Morgan fingerprint density at radius 1 is 1.23 bits per heavy atom. The van der Waals surface area contributed by atoms with E-state index in [0.717, 1.165) is 18.8 Å². The van der Waals surface area contributed by atoms with Crippen LogP contribution in [0, 0.1) is 11.3 Å². The lowest BCUT2D eigenvalue weighted by atomic mass is 9.67. The van der Waals surface area contributed by atoms with E-state index in [1.54, 1.807) is 0 Å². The third-order valence-corrected chi connectivity index (χ3v) is 7.30. The Morgan fingerprint density at radius 3 is 2.55 bits per heavy atom. The van der Waals surface area contributed by atoms with Gasteiger partial charge in [0.25, 0.3) is 0 Å². The first-order chi connectivity index (χ1) is 10.5. The molecule has 2 heterocycles. The molecule has 1 aliphatic carbocycles. The fourth-order valence-corrected chi connectivity index (χ4v) is 5.91. The first-order valence-corrected chi connectivity index (χ1v) is 10.6. The summed E-state index contributed by atoms with van der Waals surface area (Å²) in [6.07, 6.45) is 6.42. The molecule has 0 radical (unpaired) electrons. The third kappa shape index (κ3) is 4.02. The SMILES string of the molecule is CCCS(=O)(=O)NC1CCC2(CC1)CN(C[C@@H]1CCNC1)C2. The molecule has 6 heteroatoms. The van der Waals surface area contributed by atoms with E-state index in [0.29, 0.717) is 11.8 Å². The highest BCUT2D eigenvalue weighted by Crippen LogP contribution is 2.44. The average molecular weight is 330 g/mol. The Hall–Kier alpha value is -0.170. The minimum absolute atomic E-state index is 0.176. The largest absolute Gasteiger partial charge is 0.316 e. The van der Waals surface area contributed by atoms with Crippen LogP contribution in [0.15, 0.2) is 0 Å². The zero-order valence-corrected chi connectivity index (χ0v) is 14.6. The molecule has 3 rings (SSSR count). The third-order valence-electron chi connectivity index (χ3n) is 5.66. The lowest BCUT2D eigenvalue weighted by Gasteiger charge is -2.54. The highest BCUT2D eigenvalue weighted by molar-refractivity contribution is 7.89. The van der Waals surface area contributed by atoms with Crippen LogP contribution in [0.3, 0.4) is 0 Å². The van der Waals surface area contributed by atoms with Crippen LogP contribution in [0.25, 0.3) is 0 Å². The van der Waals surface area contributed by atoms with Crippen LogP contribution in [-0.4, -0.2) is 57.8 Å². The molecule has 0 aromatic heterocycles. The minimum atomic E-state index is -3.05. The smallest absolute Gasteiger partial charge is 0.211 e. The van der Waals surface area contributed by atoms with Gasteiger partial charge in [-0.2, -0.15) is 0 Å². The lowest BCUT2D eigenvalue weighted by Crippen LogP contribution is -2.59. The first-order valence-electron chi connectivity index (χ1n) is 8.93. The van der Waals surface area contributed by atoms with Crippen molar-refractivity contribution in [1.29, 1.82) is 0 Å². The van der Waals surface area contributed by atoms with Gasteiger partial charge in [0, 0.05) is 25.7 Å². The number of nitrogens with one attached hydrogen (secondary N) is 2. The van der Waals surface area contributed by atoms with Crippen molar-refractivity contribution in [2.45, 2.75) is 51.5 Å². The molecule has 3 fully saturated rings. The number of nitrogens with zero attached hydrogens (tertiary/aromatic N) is 1. The summed E-state index contributed by atoms with van der Waals surface area (Å²) in [6, 6.07) is 0.176. The molecule has 0 unspecified atom stereocenters. The molecule has 2 N–H and O–H groups in total. The summed E-state index contributed by atoms with van der Waals surface area (Å²) < 4.78 is 26.6. The van der Waals surface area contributed by atoms with Gasteiger partial charge in [0.1, 0.15) is 0 Å². The molecule has 0 bridgehead atoms. The Bertz CT molecular complexity index is 458. The minimum Gasteiger partial charge on any atom is -0.316 e. The fraction of sp³-hybridized carbons (Fsp3) is 1.00. The molecule has 2 aliphatic heterocycles. The van der Waals surface area contributed by atoms with Crippen molar-refractivity contribution in [3.8, 4) is 0 Å². The van der Waals surface area contributed by atoms with Gasteiger partial charge in [-0.25, -0.2) is 13.1 Å². The van der Waals surface area contributed by atoms with E-state index in [9.17, 15) is 8.42 Å². The zero-order valence-electron chi connectivity index (χ0n) is 13.8. The van der Waals surface area contributed by atoms with Gasteiger partial charge in [-0.15, -0.1) is 0 Å². The summed E-state index contributed by atoms with van der Waals surface area (Å²) in [4.78, 5) is 2.61. The predicted octanol–water partition coefficient (Wildman–Crippen LogP) is 1.17. The van der Waals surface area contributed by atoms with Gasteiger partial charge >= 0.3 is 0 Å². The summed E-state index contributed by atoms with van der Waals surface area (Å²) in [5.41, 5.74) is 0.499. The fourth-order valence-electron chi connectivity index (χ4n) is 4.51. The molecule has 0 aromatic carbocycles. The van der Waals surface area contributed by atoms with E-state index < -0.39 is 10.0 Å². The molecule has 2 saturated heterocycles. The van der Waals surface area contributed by atoms with E-state index in [-0.39, 0.29) is 11.8 Å². The molecule has 128 valence electrons. The molecule has 0 aromatic rings. The van der Waals surface area contributed by atoms with Crippen molar-refractivity contribution in [2.24, 2.45) is 11.3 Å². The zero-order chi connectivity index (χ0) is 15.6. The molecule has 3 aliphatic rings. The van der Waals surface area contributed by atoms with Gasteiger partial charge in [-0.3, -0.25) is 0 Å². The van der Waals surface area contributed by atoms with Crippen molar-refractivity contribution >= 4 is 10.0 Å². The summed E-state index contributed by atoms with van der Waals surface area (Å²) in [6.45, 7) is 8.00. The number of hydrogen-bond donors (Lipinski definition) is 2. The topological polar surface area (TPSA) is 61.4 Å². The van der Waals surface area contributed by atoms with E-state index in [4.69, 9.17) is 0 Å². The van der Waals surface area contributed by atoms with E-state index in [1.807, 2.05) is 6.92 Å². The van der Waals surface area contributed by atoms with E-state index >= 15 is 0 Å². The van der Waals surface area contributed by atoms with Gasteiger partial charge in [0.2, 0.25) is 10.0 Å². The molecule has 1 saturated carbocycles. The van der Waals surface area contributed by atoms with Gasteiger partial charge in [0.05, 0.1) is 5.75 Å². The second-order valence-electron chi connectivity index (χ2n) is 7.74. The van der Waals surface area contributed by atoms with Crippen molar-refractivity contribution in [2.75, 3.05) is 38.5 Å². The Labute approximate surface area is 135 Å². The van der Waals surface area contributed by atoms with E-state index in [2.05, 4.69) is 14.9 Å². The van der Waals surface area contributed by atoms with Crippen LogP contribution in [0.2, 0.25) is 0 Å². The van der Waals surface area contributed by atoms with Crippen LogP contribution in [-0.2, 0) is 10.0 Å². The monoisotopic (exact) mass is 329 g/mol. The van der Waals surface area contributed by atoms with Crippen LogP contribution in [0.4, 0.5) is 0 Å². The van der Waals surface area contributed by atoms with Crippen molar-refractivity contribution in [1.82, 2.24) is 14.9 Å². The van der Waals surface area contributed by atoms with Crippen molar-refractivity contribution < 1.29 is 8.42 Å². The quantitative estimate of drug-likeness (QED) is 0.768. The summed E-state index contributed by atoms with van der Waals surface area (Å²) >= 11 is 0. The Kier molecular flexibility index (Phi) is 5.12. The average Bonchev–Trinajstić information content (AvgIpc) is 2.92. The highest BCUT2D eigenvalue weighted by atomic mass is 32.2. The van der Waals surface area contributed by atoms with Gasteiger partial charge in [-0.1, -0.05) is 6.92 Å². The lowest BCUT2D eigenvalue weighted by molar-refractivity contribution is -0.0387. The second-order valence-corrected chi connectivity index (χ2v) is 9.61. The van der Waals surface area contributed by atoms with Crippen molar-refractivity contribution in [3.63, 3.8) is 0 Å². The standard InChI is InChI=1S/C16H31N3O2S/c1-2-9-22(20,21)18-15-3-6-16(7-4-15)12-19(13-16)11-14-5-8-17-10-14/h14-15,17-18H,2-13H2,1H3/t14-/m1/s1. The normalized spacial score (nSPS) is 29.8. The highest BCUT2D eigenvalue weighted by Gasteiger charge is 2.45. The second kappa shape index (κ2) is 6.75. The maximum absolute atomic E-state index is 11.9. The van der Waals surface area contributed by atoms with Crippen molar-refractivity contribution in [3.05, 3.63) is 0 Å². The van der Waals surface area contributed by atoms with Gasteiger partial charge < -0.3 is 10.2 Å². The van der Waals surface area contributed by atoms with Gasteiger partial charge in [0.15, 0.2) is 0 Å². The Balaban J connectivity index is 1.39. The maximum Gasteiger partial charge on any atom is 0.211 e. The molecular weight excluding hydrogens is 298 g/mol. The van der Waals surface area contributed by atoms with Crippen LogP contribution in [0.1, 0.15) is 45.4 Å². The molecular formula is C16H31N3O2S. The Morgan fingerprint density at radius 2 is 1.95 bits per heavy atom. The van der Waals surface area contributed by atoms with Crippen LogP contribution in [0.5, 0.6) is 0 Å². The number of sulfonamides is 1. The molecule has 22 heavy (non-hydrogen) atoms. The molecule has 1 spiro atoms. The predicted molar refractivity (Wildman–Crippen MR) is 89.3 cm³/mol. The molecule has 0 amide bonds. The van der Waals surface area contributed by atoms with Gasteiger partial charge in [-0.05, 0) is 62.9 Å². The number of likely N-dealkylation sites (tertiary alicyclic amines) is 1. The maximum atomic E-state index is 11.9. The molecule has 1 atom stereocenters. The number of rotatable bonds is 6. The van der Waals surface area contributed by atoms with E-state index in [1.165, 1.54) is 52.0 Å². The van der Waals surface area contributed by atoms with Crippen LogP contribution < -0.4 is 10.0 Å². The van der Waals surface area contributed by atoms with Crippen LogP contribution >= 0.6 is 0 Å². The first kappa shape index (κ1) is 16.7. The summed E-state index contributed by atoms with van der Waals surface area (Å²) in [5, 5.41) is 3.44.